The maximum absolute atomic E-state index is 15.1. The predicted octanol–water partition coefficient (Wildman–Crippen LogP) is 6.28. The SMILES string of the molecule is Cc1cc(OCC2CC(O)(CO)C2)cc(C)c1-c1cc(COc2cc3c(cn2)C2CC3C2C(=O)OC(C)(C)C)c(F)cc1F. The van der Waals surface area contributed by atoms with Crippen LogP contribution in [0.3, 0.4) is 0 Å². The van der Waals surface area contributed by atoms with Crippen LogP contribution in [0.5, 0.6) is 11.6 Å². The van der Waals surface area contributed by atoms with Crippen molar-refractivity contribution in [2.75, 3.05) is 13.2 Å². The summed E-state index contributed by atoms with van der Waals surface area (Å²) in [5.41, 5.74) is 3.15. The minimum absolute atomic E-state index is 0.0553. The van der Waals surface area contributed by atoms with E-state index in [2.05, 4.69) is 4.98 Å². The number of aliphatic hydroxyl groups is 2. The lowest BCUT2D eigenvalue weighted by atomic mass is 9.70. The van der Waals surface area contributed by atoms with Gasteiger partial charge in [-0.15, -0.1) is 0 Å². The number of rotatable bonds is 9. The fourth-order valence-electron chi connectivity index (χ4n) is 7.12. The van der Waals surface area contributed by atoms with Crippen LogP contribution in [0.4, 0.5) is 8.78 Å². The van der Waals surface area contributed by atoms with Crippen molar-refractivity contribution in [3.05, 3.63) is 76.0 Å². The third-order valence-corrected chi connectivity index (χ3v) is 9.20. The number of hydrogen-bond donors (Lipinski definition) is 2. The number of aromatic nitrogens is 1. The van der Waals surface area contributed by atoms with E-state index in [9.17, 15) is 19.4 Å². The molecule has 0 spiro atoms. The largest absolute Gasteiger partial charge is 0.493 e. The highest BCUT2D eigenvalue weighted by Crippen LogP contribution is 2.62. The second-order valence-corrected chi connectivity index (χ2v) is 13.8. The van der Waals surface area contributed by atoms with Crippen LogP contribution in [0.1, 0.15) is 79.7 Å². The molecule has 0 amide bonds. The van der Waals surface area contributed by atoms with E-state index in [0.29, 0.717) is 36.6 Å². The Morgan fingerprint density at radius 1 is 1.00 bits per heavy atom. The second-order valence-electron chi connectivity index (χ2n) is 13.8. The maximum atomic E-state index is 15.1. The number of benzene rings is 2. The molecule has 2 N–H and O–H groups in total. The molecule has 4 aliphatic carbocycles. The number of aliphatic hydroxyl groups excluding tert-OH is 1. The van der Waals surface area contributed by atoms with E-state index in [0.717, 1.165) is 34.7 Å². The van der Waals surface area contributed by atoms with Gasteiger partial charge in [0, 0.05) is 35.4 Å². The Bertz CT molecular complexity index is 1590. The van der Waals surface area contributed by atoms with Crippen LogP contribution in [-0.4, -0.2) is 45.6 Å². The van der Waals surface area contributed by atoms with Gasteiger partial charge in [0.15, 0.2) is 0 Å². The predicted molar refractivity (Wildman–Crippen MR) is 160 cm³/mol. The summed E-state index contributed by atoms with van der Waals surface area (Å²) < 4.78 is 47.6. The van der Waals surface area contributed by atoms with E-state index in [-0.39, 0.29) is 54.0 Å². The van der Waals surface area contributed by atoms with Crippen molar-refractivity contribution < 1.29 is 38.0 Å². The number of esters is 1. The summed E-state index contributed by atoms with van der Waals surface area (Å²) in [7, 11) is 0. The second kappa shape index (κ2) is 11.1. The molecule has 1 aromatic heterocycles. The van der Waals surface area contributed by atoms with E-state index in [1.165, 1.54) is 6.07 Å². The quantitative estimate of drug-likeness (QED) is 0.277. The van der Waals surface area contributed by atoms with Gasteiger partial charge in [-0.1, -0.05) is 0 Å². The molecule has 0 radical (unpaired) electrons. The van der Waals surface area contributed by atoms with Gasteiger partial charge in [-0.3, -0.25) is 4.79 Å². The minimum atomic E-state index is -1.01. The van der Waals surface area contributed by atoms with Crippen LogP contribution < -0.4 is 9.47 Å². The number of halogens is 2. The van der Waals surface area contributed by atoms with Gasteiger partial charge in [-0.25, -0.2) is 13.8 Å². The van der Waals surface area contributed by atoms with Crippen molar-refractivity contribution in [1.29, 1.82) is 0 Å². The molecule has 3 unspecified atom stereocenters. The van der Waals surface area contributed by atoms with Gasteiger partial charge in [0.1, 0.15) is 29.6 Å². The molecular weight excluding hydrogens is 568 g/mol. The molecule has 7 nitrogen and oxygen atoms in total. The number of ether oxygens (including phenoxy) is 3. The molecule has 9 heteroatoms. The van der Waals surface area contributed by atoms with Gasteiger partial charge in [0.25, 0.3) is 0 Å². The van der Waals surface area contributed by atoms with Crippen LogP contribution >= 0.6 is 0 Å². The zero-order valence-electron chi connectivity index (χ0n) is 25.7. The van der Waals surface area contributed by atoms with Gasteiger partial charge in [0.2, 0.25) is 5.88 Å². The molecule has 0 aliphatic heterocycles. The smallest absolute Gasteiger partial charge is 0.310 e. The number of pyridine rings is 1. The van der Waals surface area contributed by atoms with Crippen molar-refractivity contribution >= 4 is 5.97 Å². The van der Waals surface area contributed by atoms with Crippen LogP contribution in [-0.2, 0) is 16.1 Å². The average Bonchev–Trinajstić information content (AvgIpc) is 3.43. The molecule has 1 heterocycles. The third-order valence-electron chi connectivity index (χ3n) is 9.20. The molecule has 3 aromatic rings. The van der Waals surface area contributed by atoms with E-state index in [4.69, 9.17) is 14.2 Å². The summed E-state index contributed by atoms with van der Waals surface area (Å²) in [5.74, 6) is -0.543. The van der Waals surface area contributed by atoms with Gasteiger partial charge in [-0.05, 0) is 112 Å². The third kappa shape index (κ3) is 5.68. The lowest BCUT2D eigenvalue weighted by Gasteiger charge is -2.42. The Hall–Kier alpha value is -3.56. The molecule has 3 atom stereocenters. The normalized spacial score (nSPS) is 25.1. The summed E-state index contributed by atoms with van der Waals surface area (Å²) in [5, 5.41) is 19.3. The van der Waals surface area contributed by atoms with Crippen LogP contribution in [0.25, 0.3) is 11.1 Å². The summed E-state index contributed by atoms with van der Waals surface area (Å²) in [6, 6.07) is 7.83. The van der Waals surface area contributed by atoms with Gasteiger partial charge in [0.05, 0.1) is 24.7 Å². The lowest BCUT2D eigenvalue weighted by molar-refractivity contribution is -0.164. The first-order chi connectivity index (χ1) is 20.7. The van der Waals surface area contributed by atoms with Gasteiger partial charge in [-0.2, -0.15) is 0 Å². The van der Waals surface area contributed by atoms with Crippen molar-refractivity contribution in [3.63, 3.8) is 0 Å². The van der Waals surface area contributed by atoms with E-state index >= 15 is 4.39 Å². The standard InChI is InChI=1S/C35H39F2NO6/c1-18-6-22(42-15-20-12-35(41,13-20)17-39)7-19(2)31(18)26-8-21(28(36)11-29(26)37)16-43-30-10-23-24-9-25(27(23)14-38-30)32(24)33(40)44-34(3,4)5/h6-8,10-11,14,20,24-25,32,39,41H,9,12-13,15-17H2,1-5H3. The van der Waals surface area contributed by atoms with Gasteiger partial charge >= 0.3 is 5.97 Å². The number of nitrogens with zero attached hydrogens (tertiary/aromatic N) is 1. The number of aryl methyl sites for hydroxylation is 2. The van der Waals surface area contributed by atoms with Gasteiger partial charge < -0.3 is 24.4 Å². The van der Waals surface area contributed by atoms with E-state index in [1.807, 2.05) is 52.8 Å². The van der Waals surface area contributed by atoms with Crippen LogP contribution in [0.2, 0.25) is 0 Å². The van der Waals surface area contributed by atoms with Crippen LogP contribution in [0, 0.1) is 37.3 Å². The van der Waals surface area contributed by atoms with Crippen molar-refractivity contribution in [1.82, 2.24) is 4.98 Å². The first kappa shape index (κ1) is 30.5. The van der Waals surface area contributed by atoms with Crippen molar-refractivity contribution in [2.24, 2.45) is 11.8 Å². The van der Waals surface area contributed by atoms with Crippen molar-refractivity contribution in [3.8, 4) is 22.8 Å². The lowest BCUT2D eigenvalue weighted by Crippen LogP contribution is -2.48. The van der Waals surface area contributed by atoms with E-state index in [1.54, 1.807) is 6.20 Å². The minimum Gasteiger partial charge on any atom is -0.493 e. The summed E-state index contributed by atoms with van der Waals surface area (Å²) >= 11 is 0. The Kier molecular flexibility index (Phi) is 7.69. The van der Waals surface area contributed by atoms with Crippen molar-refractivity contribution in [2.45, 2.75) is 83.5 Å². The highest BCUT2D eigenvalue weighted by Gasteiger charge is 2.56. The zero-order chi connectivity index (χ0) is 31.6. The van der Waals surface area contributed by atoms with E-state index < -0.39 is 22.8 Å². The van der Waals surface area contributed by atoms with Crippen LogP contribution in [0.15, 0.2) is 36.5 Å². The highest BCUT2D eigenvalue weighted by atomic mass is 19.1. The molecule has 0 saturated heterocycles. The summed E-state index contributed by atoms with van der Waals surface area (Å²) in [6.07, 6.45) is 3.58. The Morgan fingerprint density at radius 2 is 1.68 bits per heavy atom. The fraction of sp³-hybridized carbons (Fsp3) is 0.486. The molecule has 7 rings (SSSR count). The Labute approximate surface area is 256 Å². The molecule has 44 heavy (non-hydrogen) atoms. The summed E-state index contributed by atoms with van der Waals surface area (Å²) in [6.45, 7) is 9.29. The molecule has 2 bridgehead atoms. The molecule has 2 aromatic carbocycles. The monoisotopic (exact) mass is 607 g/mol. The first-order valence-electron chi connectivity index (χ1n) is 15.2. The first-order valence-corrected chi connectivity index (χ1v) is 15.2. The topological polar surface area (TPSA) is 98.1 Å². The number of hydrogen-bond acceptors (Lipinski definition) is 7. The molecular formula is C35H39F2NO6. The number of carbonyl (C=O) groups is 1. The molecule has 2 saturated carbocycles. The fourth-order valence-corrected chi connectivity index (χ4v) is 7.12. The molecule has 234 valence electrons. The number of carbonyl (C=O) groups excluding carboxylic acids is 1. The molecule has 4 aliphatic rings. The Morgan fingerprint density at radius 3 is 2.34 bits per heavy atom. The zero-order valence-corrected chi connectivity index (χ0v) is 25.7. The highest BCUT2D eigenvalue weighted by molar-refractivity contribution is 5.79. The maximum Gasteiger partial charge on any atom is 0.310 e. The molecule has 2 fully saturated rings. The Balaban J connectivity index is 1.15. The average molecular weight is 608 g/mol. The summed E-state index contributed by atoms with van der Waals surface area (Å²) in [4.78, 5) is 17.2.